The van der Waals surface area contributed by atoms with Crippen LogP contribution in [-0.2, 0) is 9.84 Å². The molecular weight excluding hydrogens is 248 g/mol. The molecule has 2 rings (SSSR count). The second-order valence-corrected chi connectivity index (χ2v) is 7.02. The van der Waals surface area contributed by atoms with E-state index in [1.165, 1.54) is 6.26 Å². The van der Waals surface area contributed by atoms with E-state index in [4.69, 9.17) is 0 Å². The van der Waals surface area contributed by atoms with Gasteiger partial charge in [0.05, 0.1) is 10.6 Å². The molecule has 1 aliphatic heterocycles. The largest absolute Gasteiger partial charge is 0.368 e. The van der Waals surface area contributed by atoms with Crippen molar-refractivity contribution in [3.63, 3.8) is 0 Å². The highest BCUT2D eigenvalue weighted by Crippen LogP contribution is 2.27. The van der Waals surface area contributed by atoms with Gasteiger partial charge in [-0.25, -0.2) is 8.42 Å². The van der Waals surface area contributed by atoms with Crippen LogP contribution < -0.4 is 4.90 Å². The van der Waals surface area contributed by atoms with Crippen LogP contribution in [0.4, 0.5) is 5.69 Å². The third-order valence-corrected chi connectivity index (χ3v) is 4.50. The lowest BCUT2D eigenvalue weighted by molar-refractivity contribution is 0.312. The van der Waals surface area contributed by atoms with Gasteiger partial charge < -0.3 is 9.80 Å². The minimum absolute atomic E-state index is 0.442. The fraction of sp³-hybridized carbons (Fsp3) is 0.538. The molecule has 0 aromatic heterocycles. The molecule has 100 valence electrons. The molecular formula is C13H20N2O2S. The maximum absolute atomic E-state index is 11.8. The summed E-state index contributed by atoms with van der Waals surface area (Å²) in [7, 11) is -1.08. The summed E-state index contributed by atoms with van der Waals surface area (Å²) in [4.78, 5) is 4.87. The van der Waals surface area contributed by atoms with E-state index < -0.39 is 9.84 Å². The molecule has 0 aliphatic carbocycles. The van der Waals surface area contributed by atoms with E-state index in [1.54, 1.807) is 6.07 Å². The molecule has 18 heavy (non-hydrogen) atoms. The molecule has 1 fully saturated rings. The van der Waals surface area contributed by atoms with E-state index in [1.807, 2.05) is 19.1 Å². The van der Waals surface area contributed by atoms with Crippen molar-refractivity contribution in [3.05, 3.63) is 23.8 Å². The summed E-state index contributed by atoms with van der Waals surface area (Å²) in [5.41, 5.74) is 1.95. The van der Waals surface area contributed by atoms with Crippen LogP contribution in [0.25, 0.3) is 0 Å². The Hall–Kier alpha value is -1.07. The van der Waals surface area contributed by atoms with Crippen molar-refractivity contribution < 1.29 is 8.42 Å². The Kier molecular flexibility index (Phi) is 3.64. The molecule has 1 aromatic carbocycles. The van der Waals surface area contributed by atoms with Gasteiger partial charge >= 0.3 is 0 Å². The Balaban J connectivity index is 2.40. The van der Waals surface area contributed by atoms with E-state index in [0.717, 1.165) is 37.4 Å². The van der Waals surface area contributed by atoms with Crippen LogP contribution in [0.1, 0.15) is 5.56 Å². The number of hydrogen-bond acceptors (Lipinski definition) is 4. The predicted molar refractivity (Wildman–Crippen MR) is 74.0 cm³/mol. The number of aryl methyl sites for hydroxylation is 1. The van der Waals surface area contributed by atoms with E-state index in [0.29, 0.717) is 4.90 Å². The van der Waals surface area contributed by atoms with Crippen LogP contribution in [0.5, 0.6) is 0 Å². The van der Waals surface area contributed by atoms with Gasteiger partial charge in [-0.2, -0.15) is 0 Å². The molecule has 0 spiro atoms. The first-order chi connectivity index (χ1) is 8.38. The monoisotopic (exact) mass is 268 g/mol. The van der Waals surface area contributed by atoms with Gasteiger partial charge in [-0.3, -0.25) is 0 Å². The van der Waals surface area contributed by atoms with Gasteiger partial charge in [0, 0.05) is 32.4 Å². The Morgan fingerprint density at radius 3 is 2.28 bits per heavy atom. The van der Waals surface area contributed by atoms with E-state index >= 15 is 0 Å². The predicted octanol–water partition coefficient (Wildman–Crippen LogP) is 1.15. The first kappa shape index (κ1) is 13.4. The third-order valence-electron chi connectivity index (χ3n) is 3.36. The fourth-order valence-electron chi connectivity index (χ4n) is 2.24. The number of nitrogens with zero attached hydrogens (tertiary/aromatic N) is 2. The molecule has 0 unspecified atom stereocenters. The second kappa shape index (κ2) is 4.90. The maximum atomic E-state index is 11.8. The number of anilines is 1. The first-order valence-corrected chi connectivity index (χ1v) is 8.01. The molecule has 0 N–H and O–H groups in total. The number of hydrogen-bond donors (Lipinski definition) is 0. The Labute approximate surface area is 109 Å². The lowest BCUT2D eigenvalue weighted by atomic mass is 10.2. The Bertz CT molecular complexity index is 532. The molecule has 1 heterocycles. The summed E-state index contributed by atoms with van der Waals surface area (Å²) < 4.78 is 23.7. The first-order valence-electron chi connectivity index (χ1n) is 6.12. The van der Waals surface area contributed by atoms with Crippen LogP contribution in [0, 0.1) is 6.92 Å². The third kappa shape index (κ3) is 2.84. The number of benzene rings is 1. The van der Waals surface area contributed by atoms with Gasteiger partial charge in [-0.1, -0.05) is 6.07 Å². The number of piperazine rings is 1. The van der Waals surface area contributed by atoms with E-state index in [-0.39, 0.29) is 0 Å². The lowest BCUT2D eigenvalue weighted by Gasteiger charge is -2.35. The van der Waals surface area contributed by atoms with Crippen molar-refractivity contribution >= 4 is 15.5 Å². The summed E-state index contributed by atoms with van der Waals surface area (Å²) in [6.45, 7) is 5.69. The van der Waals surface area contributed by atoms with Gasteiger partial charge in [0.15, 0.2) is 9.84 Å². The zero-order valence-electron chi connectivity index (χ0n) is 11.2. The van der Waals surface area contributed by atoms with Crippen LogP contribution in [0.3, 0.4) is 0 Å². The summed E-state index contributed by atoms with van der Waals surface area (Å²) in [5, 5.41) is 0. The van der Waals surface area contributed by atoms with Crippen LogP contribution >= 0.6 is 0 Å². The molecule has 1 aliphatic rings. The minimum Gasteiger partial charge on any atom is -0.368 e. The van der Waals surface area contributed by atoms with Crippen molar-refractivity contribution in [1.29, 1.82) is 0 Å². The lowest BCUT2D eigenvalue weighted by Crippen LogP contribution is -2.44. The number of likely N-dealkylation sites (N-methyl/N-ethyl adjacent to an activating group) is 1. The smallest absolute Gasteiger partial charge is 0.177 e. The fourth-order valence-corrected chi connectivity index (χ4v) is 3.12. The normalized spacial score (nSPS) is 18.1. The van der Waals surface area contributed by atoms with Gasteiger partial charge in [0.1, 0.15) is 0 Å². The molecule has 0 amide bonds. The van der Waals surface area contributed by atoms with Crippen molar-refractivity contribution in [1.82, 2.24) is 4.90 Å². The van der Waals surface area contributed by atoms with E-state index in [2.05, 4.69) is 16.8 Å². The highest BCUT2D eigenvalue weighted by atomic mass is 32.2. The van der Waals surface area contributed by atoms with Crippen molar-refractivity contribution in [2.45, 2.75) is 11.8 Å². The topological polar surface area (TPSA) is 40.6 Å². The Morgan fingerprint density at radius 2 is 1.72 bits per heavy atom. The summed E-state index contributed by atoms with van der Waals surface area (Å²) in [5.74, 6) is 0. The average molecular weight is 268 g/mol. The molecule has 0 atom stereocenters. The Morgan fingerprint density at radius 1 is 1.11 bits per heavy atom. The molecule has 1 saturated heterocycles. The molecule has 1 aromatic rings. The van der Waals surface area contributed by atoms with Crippen LogP contribution in [0.15, 0.2) is 23.1 Å². The quantitative estimate of drug-likeness (QED) is 0.807. The second-order valence-electron chi connectivity index (χ2n) is 5.03. The molecule has 0 bridgehead atoms. The summed E-state index contributed by atoms with van der Waals surface area (Å²) >= 11 is 0. The zero-order chi connectivity index (χ0) is 13.3. The minimum atomic E-state index is -3.17. The molecule has 0 saturated carbocycles. The molecule has 4 nitrogen and oxygen atoms in total. The van der Waals surface area contributed by atoms with Crippen LogP contribution in [-0.4, -0.2) is 52.8 Å². The standard InChI is InChI=1S/C13H20N2O2S/c1-11-4-5-13(18(3,16)17)12(10-11)15-8-6-14(2)7-9-15/h4-5,10H,6-9H2,1-3H3. The maximum Gasteiger partial charge on any atom is 0.177 e. The average Bonchev–Trinajstić information content (AvgIpc) is 2.28. The highest BCUT2D eigenvalue weighted by molar-refractivity contribution is 7.90. The molecule has 0 radical (unpaired) electrons. The number of rotatable bonds is 2. The summed E-state index contributed by atoms with van der Waals surface area (Å²) in [6.07, 6.45) is 1.28. The van der Waals surface area contributed by atoms with E-state index in [9.17, 15) is 8.42 Å². The van der Waals surface area contributed by atoms with Crippen molar-refractivity contribution in [2.24, 2.45) is 0 Å². The SMILES string of the molecule is Cc1ccc(S(C)(=O)=O)c(N2CCN(C)CC2)c1. The zero-order valence-corrected chi connectivity index (χ0v) is 12.0. The van der Waals surface area contributed by atoms with Crippen molar-refractivity contribution in [2.75, 3.05) is 44.4 Å². The number of sulfone groups is 1. The van der Waals surface area contributed by atoms with Crippen molar-refractivity contribution in [3.8, 4) is 0 Å². The van der Waals surface area contributed by atoms with Gasteiger partial charge in [0.2, 0.25) is 0 Å². The van der Waals surface area contributed by atoms with Crippen LogP contribution in [0.2, 0.25) is 0 Å². The van der Waals surface area contributed by atoms with Gasteiger partial charge in [0.25, 0.3) is 0 Å². The molecule has 5 heteroatoms. The van der Waals surface area contributed by atoms with Gasteiger partial charge in [-0.15, -0.1) is 0 Å². The highest BCUT2D eigenvalue weighted by Gasteiger charge is 2.21. The van der Waals surface area contributed by atoms with Gasteiger partial charge in [-0.05, 0) is 31.7 Å². The summed E-state index contributed by atoms with van der Waals surface area (Å²) in [6, 6.07) is 5.55.